The second kappa shape index (κ2) is 5.05. The lowest BCUT2D eigenvalue weighted by atomic mass is 10.1. The minimum Gasteiger partial charge on any atom is -0.353 e. The summed E-state index contributed by atoms with van der Waals surface area (Å²) in [6.07, 6.45) is 4.42. The number of hydrogen-bond donors (Lipinski definition) is 1. The molecule has 0 aromatic carbocycles. The monoisotopic (exact) mass is 313 g/mol. The van der Waals surface area contributed by atoms with Crippen molar-refractivity contribution in [2.24, 2.45) is 13.0 Å². The van der Waals surface area contributed by atoms with Crippen molar-refractivity contribution in [2.45, 2.75) is 32.7 Å². The molecule has 0 aliphatic heterocycles. The SMILES string of the molecule is Cc1ccnc([C@H](Nc2nc3c(s2)c(C)nn3C)C2CC2)c1. The lowest BCUT2D eigenvalue weighted by molar-refractivity contribution is 0.657. The van der Waals surface area contributed by atoms with Crippen LogP contribution in [0.25, 0.3) is 10.3 Å². The topological polar surface area (TPSA) is 55.6 Å². The van der Waals surface area contributed by atoms with Gasteiger partial charge in [0.25, 0.3) is 0 Å². The van der Waals surface area contributed by atoms with Crippen molar-refractivity contribution in [1.82, 2.24) is 19.7 Å². The number of rotatable bonds is 4. The van der Waals surface area contributed by atoms with Gasteiger partial charge in [-0.3, -0.25) is 4.98 Å². The molecule has 0 amide bonds. The third-order valence-corrected chi connectivity index (χ3v) is 5.26. The maximum Gasteiger partial charge on any atom is 0.185 e. The van der Waals surface area contributed by atoms with Crippen LogP contribution in [-0.4, -0.2) is 19.7 Å². The summed E-state index contributed by atoms with van der Waals surface area (Å²) in [5.74, 6) is 0.667. The largest absolute Gasteiger partial charge is 0.353 e. The van der Waals surface area contributed by atoms with E-state index in [0.717, 1.165) is 26.9 Å². The van der Waals surface area contributed by atoms with E-state index in [0.29, 0.717) is 5.92 Å². The van der Waals surface area contributed by atoms with Crippen LogP contribution in [-0.2, 0) is 7.05 Å². The van der Waals surface area contributed by atoms with Gasteiger partial charge < -0.3 is 5.32 Å². The number of fused-ring (bicyclic) bond motifs is 1. The molecule has 3 aromatic heterocycles. The Morgan fingerprint density at radius 1 is 1.36 bits per heavy atom. The molecule has 6 heteroatoms. The van der Waals surface area contributed by atoms with Crippen molar-refractivity contribution in [3.63, 3.8) is 0 Å². The first-order chi connectivity index (χ1) is 10.6. The summed E-state index contributed by atoms with van der Waals surface area (Å²) in [6, 6.07) is 4.48. The normalized spacial score (nSPS) is 16.1. The Morgan fingerprint density at radius 3 is 2.86 bits per heavy atom. The van der Waals surface area contributed by atoms with Crippen molar-refractivity contribution < 1.29 is 0 Å². The Bertz CT molecular complexity index is 796. The van der Waals surface area contributed by atoms with E-state index in [1.807, 2.05) is 30.9 Å². The Balaban J connectivity index is 1.67. The van der Waals surface area contributed by atoms with E-state index in [2.05, 4.69) is 28.4 Å². The summed E-state index contributed by atoms with van der Waals surface area (Å²) in [5.41, 5.74) is 4.37. The number of thiazole rings is 1. The molecular weight excluding hydrogens is 294 g/mol. The summed E-state index contributed by atoms with van der Waals surface area (Å²) < 4.78 is 3.01. The van der Waals surface area contributed by atoms with Crippen LogP contribution in [0.2, 0.25) is 0 Å². The average Bonchev–Trinajstić information content (AvgIpc) is 3.17. The molecular formula is C16H19N5S. The lowest BCUT2D eigenvalue weighted by Gasteiger charge is -2.17. The zero-order valence-electron chi connectivity index (χ0n) is 13.0. The van der Waals surface area contributed by atoms with Gasteiger partial charge in [0.1, 0.15) is 0 Å². The molecule has 114 valence electrons. The molecule has 1 atom stereocenters. The van der Waals surface area contributed by atoms with Gasteiger partial charge in [-0.1, -0.05) is 11.3 Å². The molecule has 3 aromatic rings. The molecule has 0 radical (unpaired) electrons. The first-order valence-corrected chi connectivity index (χ1v) is 8.42. The molecule has 22 heavy (non-hydrogen) atoms. The Labute approximate surface area is 133 Å². The second-order valence-corrected chi connectivity index (χ2v) is 7.10. The van der Waals surface area contributed by atoms with Crippen LogP contribution in [0.5, 0.6) is 0 Å². The summed E-state index contributed by atoms with van der Waals surface area (Å²) >= 11 is 1.68. The molecule has 1 fully saturated rings. The van der Waals surface area contributed by atoms with E-state index in [1.54, 1.807) is 11.3 Å². The highest BCUT2D eigenvalue weighted by Gasteiger charge is 2.34. The van der Waals surface area contributed by atoms with Gasteiger partial charge in [-0.15, -0.1) is 0 Å². The van der Waals surface area contributed by atoms with E-state index >= 15 is 0 Å². The van der Waals surface area contributed by atoms with Gasteiger partial charge in [-0.05, 0) is 50.3 Å². The molecule has 1 aliphatic rings. The lowest BCUT2D eigenvalue weighted by Crippen LogP contribution is -2.14. The summed E-state index contributed by atoms with van der Waals surface area (Å²) in [4.78, 5) is 9.28. The molecule has 1 aliphatic carbocycles. The van der Waals surface area contributed by atoms with Crippen molar-refractivity contribution >= 4 is 26.8 Å². The third-order valence-electron chi connectivity index (χ3n) is 4.17. The number of aromatic nitrogens is 4. The van der Waals surface area contributed by atoms with Crippen LogP contribution < -0.4 is 5.32 Å². The van der Waals surface area contributed by atoms with Gasteiger partial charge in [0.2, 0.25) is 0 Å². The highest BCUT2D eigenvalue weighted by atomic mass is 32.1. The number of pyridine rings is 1. The molecule has 3 heterocycles. The Hall–Kier alpha value is -1.95. The van der Waals surface area contributed by atoms with E-state index in [1.165, 1.54) is 18.4 Å². The number of aryl methyl sites for hydroxylation is 3. The Morgan fingerprint density at radius 2 is 2.18 bits per heavy atom. The predicted octanol–water partition coefficient (Wildman–Crippen LogP) is 3.60. The fourth-order valence-corrected chi connectivity index (χ4v) is 3.84. The minimum atomic E-state index is 0.258. The maximum absolute atomic E-state index is 4.71. The number of anilines is 1. The zero-order chi connectivity index (χ0) is 15.3. The van der Waals surface area contributed by atoms with E-state index < -0.39 is 0 Å². The van der Waals surface area contributed by atoms with Crippen LogP contribution in [0.15, 0.2) is 18.3 Å². The first-order valence-electron chi connectivity index (χ1n) is 7.61. The van der Waals surface area contributed by atoms with Crippen LogP contribution in [0, 0.1) is 19.8 Å². The molecule has 4 rings (SSSR count). The summed E-state index contributed by atoms with van der Waals surface area (Å²) in [6.45, 7) is 4.15. The van der Waals surface area contributed by atoms with Crippen molar-refractivity contribution in [3.8, 4) is 0 Å². The van der Waals surface area contributed by atoms with Gasteiger partial charge in [-0.2, -0.15) is 5.10 Å². The highest BCUT2D eigenvalue weighted by Crippen LogP contribution is 2.43. The van der Waals surface area contributed by atoms with Gasteiger partial charge >= 0.3 is 0 Å². The fourth-order valence-electron chi connectivity index (χ4n) is 2.87. The van der Waals surface area contributed by atoms with Crippen LogP contribution in [0.3, 0.4) is 0 Å². The highest BCUT2D eigenvalue weighted by molar-refractivity contribution is 7.22. The average molecular weight is 313 g/mol. The van der Waals surface area contributed by atoms with Gasteiger partial charge in [0, 0.05) is 13.2 Å². The smallest absolute Gasteiger partial charge is 0.185 e. The van der Waals surface area contributed by atoms with Crippen molar-refractivity contribution in [2.75, 3.05) is 5.32 Å². The molecule has 1 saturated carbocycles. The van der Waals surface area contributed by atoms with Crippen LogP contribution in [0.4, 0.5) is 5.13 Å². The standard InChI is InChI=1S/C16H19N5S/c1-9-6-7-17-12(8-9)13(11-4-5-11)18-16-19-15-14(22-16)10(2)20-21(15)3/h6-8,11,13H,4-5H2,1-3H3,(H,18,19)/t13-/m1/s1. The number of hydrogen-bond acceptors (Lipinski definition) is 5. The molecule has 0 unspecified atom stereocenters. The summed E-state index contributed by atoms with van der Waals surface area (Å²) in [7, 11) is 1.94. The predicted molar refractivity (Wildman–Crippen MR) is 89.2 cm³/mol. The van der Waals surface area contributed by atoms with E-state index in [9.17, 15) is 0 Å². The molecule has 1 N–H and O–H groups in total. The number of nitrogens with zero attached hydrogens (tertiary/aromatic N) is 4. The van der Waals surface area contributed by atoms with Crippen molar-refractivity contribution in [1.29, 1.82) is 0 Å². The second-order valence-electron chi connectivity index (χ2n) is 6.10. The number of nitrogens with one attached hydrogen (secondary N) is 1. The molecule has 0 bridgehead atoms. The zero-order valence-corrected chi connectivity index (χ0v) is 13.8. The van der Waals surface area contributed by atoms with Crippen LogP contribution >= 0.6 is 11.3 Å². The maximum atomic E-state index is 4.71. The quantitative estimate of drug-likeness (QED) is 0.799. The van der Waals surface area contributed by atoms with Gasteiger partial charge in [0.05, 0.1) is 22.1 Å². The molecule has 0 saturated heterocycles. The van der Waals surface area contributed by atoms with Crippen molar-refractivity contribution in [3.05, 3.63) is 35.3 Å². The minimum absolute atomic E-state index is 0.258. The fraction of sp³-hybridized carbons (Fsp3) is 0.438. The van der Waals surface area contributed by atoms with Gasteiger partial charge in [-0.25, -0.2) is 9.67 Å². The van der Waals surface area contributed by atoms with Crippen LogP contribution in [0.1, 0.15) is 35.8 Å². The molecule has 0 spiro atoms. The summed E-state index contributed by atoms with van der Waals surface area (Å²) in [5, 5.41) is 8.99. The Kier molecular flexibility index (Phi) is 3.14. The third kappa shape index (κ3) is 2.37. The molecule has 5 nitrogen and oxygen atoms in total. The van der Waals surface area contributed by atoms with E-state index in [4.69, 9.17) is 4.98 Å². The first kappa shape index (κ1) is 13.7. The van der Waals surface area contributed by atoms with E-state index in [-0.39, 0.29) is 6.04 Å². The van der Waals surface area contributed by atoms with Gasteiger partial charge in [0.15, 0.2) is 10.8 Å².